The second-order valence-corrected chi connectivity index (χ2v) is 4.78. The van der Waals surface area contributed by atoms with Crippen molar-refractivity contribution in [1.82, 2.24) is 10.3 Å². The number of rotatable bonds is 4. The number of nitrogens with zero attached hydrogens (tertiary/aromatic N) is 1. The number of carbonyl (C=O) groups excluding carboxylic acids is 1. The van der Waals surface area contributed by atoms with Crippen molar-refractivity contribution in [3.8, 4) is 6.07 Å². The summed E-state index contributed by atoms with van der Waals surface area (Å²) < 4.78 is 0. The molecule has 0 aliphatic carbocycles. The molecule has 2 N–H and O–H groups in total. The van der Waals surface area contributed by atoms with Crippen LogP contribution in [0.25, 0.3) is 0 Å². The summed E-state index contributed by atoms with van der Waals surface area (Å²) in [5.41, 5.74) is 2.11. The standard InChI is InChI=1S/C13H11N3O2S/c14-6-10-3-1-9(2-4-10)5-12(17)15-7-11-8-19-13(18)16-11/h1-4,8H,5,7H2,(H,15,17)(H,16,18). The number of H-pyrrole nitrogens is 1. The molecule has 2 rings (SSSR count). The maximum absolute atomic E-state index is 11.7. The van der Waals surface area contributed by atoms with Crippen LogP contribution in [0.15, 0.2) is 34.4 Å². The molecule has 0 saturated carbocycles. The third kappa shape index (κ3) is 3.79. The van der Waals surface area contributed by atoms with E-state index in [1.165, 1.54) is 0 Å². The molecule has 0 spiro atoms. The zero-order chi connectivity index (χ0) is 13.7. The van der Waals surface area contributed by atoms with Crippen LogP contribution in [0, 0.1) is 11.3 Å². The monoisotopic (exact) mass is 273 g/mol. The number of benzene rings is 1. The second kappa shape index (κ2) is 5.98. The molecular formula is C13H11N3O2S. The summed E-state index contributed by atoms with van der Waals surface area (Å²) in [7, 11) is 0. The van der Waals surface area contributed by atoms with Crippen molar-refractivity contribution >= 4 is 17.2 Å². The molecule has 1 amide bonds. The van der Waals surface area contributed by atoms with E-state index in [1.807, 2.05) is 6.07 Å². The highest BCUT2D eigenvalue weighted by molar-refractivity contribution is 7.07. The molecule has 0 saturated heterocycles. The minimum absolute atomic E-state index is 0.128. The number of amides is 1. The summed E-state index contributed by atoms with van der Waals surface area (Å²) >= 11 is 1.07. The van der Waals surface area contributed by atoms with E-state index in [9.17, 15) is 9.59 Å². The molecule has 0 fully saturated rings. The van der Waals surface area contributed by atoms with Crippen molar-refractivity contribution in [3.05, 3.63) is 56.1 Å². The van der Waals surface area contributed by atoms with Crippen LogP contribution < -0.4 is 10.2 Å². The fourth-order valence-electron chi connectivity index (χ4n) is 1.54. The number of nitrogens with one attached hydrogen (secondary N) is 2. The SMILES string of the molecule is N#Cc1ccc(CC(=O)NCc2csc(=O)[nH]2)cc1. The zero-order valence-corrected chi connectivity index (χ0v) is 10.8. The molecule has 96 valence electrons. The van der Waals surface area contributed by atoms with Gasteiger partial charge in [0.05, 0.1) is 24.6 Å². The van der Waals surface area contributed by atoms with E-state index < -0.39 is 0 Å². The normalized spacial score (nSPS) is 9.84. The molecule has 1 aromatic carbocycles. The van der Waals surface area contributed by atoms with E-state index in [0.29, 0.717) is 17.8 Å². The number of carbonyl (C=O) groups is 1. The Bertz CT molecular complexity index is 664. The topological polar surface area (TPSA) is 85.8 Å². The van der Waals surface area contributed by atoms with Gasteiger partial charge in [-0.25, -0.2) is 0 Å². The van der Waals surface area contributed by atoms with Gasteiger partial charge in [-0.15, -0.1) is 0 Å². The minimum atomic E-state index is -0.128. The van der Waals surface area contributed by atoms with Crippen molar-refractivity contribution in [3.63, 3.8) is 0 Å². The predicted octanol–water partition coefficient (Wildman–Crippen LogP) is 1.17. The van der Waals surface area contributed by atoms with Crippen LogP contribution in [0.5, 0.6) is 0 Å². The summed E-state index contributed by atoms with van der Waals surface area (Å²) in [4.78, 5) is 25.1. The minimum Gasteiger partial charge on any atom is -0.350 e. The summed E-state index contributed by atoms with van der Waals surface area (Å²) in [6.45, 7) is 0.313. The first-order valence-electron chi connectivity index (χ1n) is 5.60. The van der Waals surface area contributed by atoms with Gasteiger partial charge in [0.1, 0.15) is 0 Å². The number of nitriles is 1. The Morgan fingerprint density at radius 1 is 1.37 bits per heavy atom. The Hall–Kier alpha value is -2.39. The first-order valence-corrected chi connectivity index (χ1v) is 6.48. The van der Waals surface area contributed by atoms with Gasteiger partial charge in [-0.05, 0) is 17.7 Å². The van der Waals surface area contributed by atoms with Gasteiger partial charge in [-0.3, -0.25) is 9.59 Å². The molecule has 19 heavy (non-hydrogen) atoms. The predicted molar refractivity (Wildman–Crippen MR) is 71.6 cm³/mol. The van der Waals surface area contributed by atoms with Gasteiger partial charge in [0.25, 0.3) is 0 Å². The van der Waals surface area contributed by atoms with Gasteiger partial charge >= 0.3 is 4.87 Å². The smallest absolute Gasteiger partial charge is 0.304 e. The molecule has 5 nitrogen and oxygen atoms in total. The lowest BCUT2D eigenvalue weighted by molar-refractivity contribution is -0.120. The molecule has 0 atom stereocenters. The molecule has 0 aliphatic rings. The van der Waals surface area contributed by atoms with Crippen LogP contribution in [0.2, 0.25) is 0 Å². The highest BCUT2D eigenvalue weighted by Crippen LogP contribution is 2.04. The largest absolute Gasteiger partial charge is 0.350 e. The number of hydrogen-bond donors (Lipinski definition) is 2. The lowest BCUT2D eigenvalue weighted by atomic mass is 10.1. The fraction of sp³-hybridized carbons (Fsp3) is 0.154. The Morgan fingerprint density at radius 2 is 2.11 bits per heavy atom. The van der Waals surface area contributed by atoms with Crippen LogP contribution >= 0.6 is 11.3 Å². The molecule has 0 bridgehead atoms. The van der Waals surface area contributed by atoms with Crippen LogP contribution in [0.4, 0.5) is 0 Å². The third-order valence-electron chi connectivity index (χ3n) is 2.49. The lowest BCUT2D eigenvalue weighted by Crippen LogP contribution is -2.24. The molecule has 6 heteroatoms. The summed E-state index contributed by atoms with van der Waals surface area (Å²) in [5, 5.41) is 13.1. The van der Waals surface area contributed by atoms with Gasteiger partial charge in [-0.1, -0.05) is 23.5 Å². The van der Waals surface area contributed by atoms with Crippen LogP contribution in [-0.4, -0.2) is 10.9 Å². The molecule has 0 radical (unpaired) electrons. The molecule has 2 aromatic rings. The number of aromatic nitrogens is 1. The Balaban J connectivity index is 1.87. The number of aromatic amines is 1. The maximum Gasteiger partial charge on any atom is 0.304 e. The van der Waals surface area contributed by atoms with Crippen molar-refractivity contribution in [2.24, 2.45) is 0 Å². The van der Waals surface area contributed by atoms with Gasteiger partial charge in [0.15, 0.2) is 0 Å². The number of thiazole rings is 1. The zero-order valence-electron chi connectivity index (χ0n) is 9.97. The van der Waals surface area contributed by atoms with Gasteiger partial charge < -0.3 is 10.3 Å². The highest BCUT2D eigenvalue weighted by Gasteiger charge is 2.04. The molecule has 1 aromatic heterocycles. The average molecular weight is 273 g/mol. The first kappa shape index (κ1) is 13.1. The summed E-state index contributed by atoms with van der Waals surface area (Å²) in [5.74, 6) is -0.128. The van der Waals surface area contributed by atoms with Crippen LogP contribution in [0.3, 0.4) is 0 Å². The van der Waals surface area contributed by atoms with Crippen LogP contribution in [-0.2, 0) is 17.8 Å². The van der Waals surface area contributed by atoms with Gasteiger partial charge in [0.2, 0.25) is 5.91 Å². The Kier molecular flexibility index (Phi) is 4.11. The highest BCUT2D eigenvalue weighted by atomic mass is 32.1. The van der Waals surface area contributed by atoms with Crippen molar-refractivity contribution in [1.29, 1.82) is 5.26 Å². The average Bonchev–Trinajstić information content (AvgIpc) is 2.83. The fourth-order valence-corrected chi connectivity index (χ4v) is 2.12. The van der Waals surface area contributed by atoms with E-state index in [2.05, 4.69) is 10.3 Å². The van der Waals surface area contributed by atoms with Crippen molar-refractivity contribution in [2.45, 2.75) is 13.0 Å². The Labute approximate surface area is 113 Å². The van der Waals surface area contributed by atoms with E-state index >= 15 is 0 Å². The maximum atomic E-state index is 11.7. The number of hydrogen-bond acceptors (Lipinski definition) is 4. The molecule has 1 heterocycles. The molecular weight excluding hydrogens is 262 g/mol. The second-order valence-electron chi connectivity index (χ2n) is 3.94. The van der Waals surface area contributed by atoms with Gasteiger partial charge in [-0.2, -0.15) is 5.26 Å². The quantitative estimate of drug-likeness (QED) is 0.876. The summed E-state index contributed by atoms with van der Waals surface area (Å²) in [6.07, 6.45) is 0.250. The summed E-state index contributed by atoms with van der Waals surface area (Å²) in [6, 6.07) is 8.89. The van der Waals surface area contributed by atoms with Crippen molar-refractivity contribution < 1.29 is 4.79 Å². The third-order valence-corrected chi connectivity index (χ3v) is 3.21. The Morgan fingerprint density at radius 3 is 2.68 bits per heavy atom. The molecule has 0 aliphatic heterocycles. The van der Waals surface area contributed by atoms with Gasteiger partial charge in [0, 0.05) is 11.1 Å². The van der Waals surface area contributed by atoms with E-state index in [4.69, 9.17) is 5.26 Å². The van der Waals surface area contributed by atoms with E-state index in [-0.39, 0.29) is 17.2 Å². The lowest BCUT2D eigenvalue weighted by Gasteiger charge is -2.03. The van der Waals surface area contributed by atoms with Crippen molar-refractivity contribution in [2.75, 3.05) is 0 Å². The van der Waals surface area contributed by atoms with Crippen LogP contribution in [0.1, 0.15) is 16.8 Å². The first-order chi connectivity index (χ1) is 9.17. The molecule has 0 unspecified atom stereocenters. The van der Waals surface area contributed by atoms with E-state index in [1.54, 1.807) is 29.6 Å². The van der Waals surface area contributed by atoms with E-state index in [0.717, 1.165) is 16.9 Å².